The van der Waals surface area contributed by atoms with E-state index < -0.39 is 0 Å². The first kappa shape index (κ1) is 36.3. The van der Waals surface area contributed by atoms with E-state index in [1.54, 1.807) is 55.3 Å². The van der Waals surface area contributed by atoms with Crippen molar-refractivity contribution in [2.45, 2.75) is 10.1 Å². The molecule has 0 atom stereocenters. The Morgan fingerprint density at radius 1 is 0.642 bits per heavy atom. The van der Waals surface area contributed by atoms with Crippen LogP contribution in [0.25, 0.3) is 49.5 Å². The molecule has 0 aliphatic heterocycles. The molecule has 0 N–H and O–H groups in total. The Hall–Kier alpha value is -5.08. The zero-order chi connectivity index (χ0) is 36.9. The molecule has 9 rings (SSSR count). The SMILES string of the molecule is COc1ccnc2ccc(Br)cc12.COc1ccnc2ccc(Sc3nnc4ccc(-c5cnn(C)c5)cn34)cc12.Clc1ccnc2ccc(Br)cc12. The van der Waals surface area contributed by atoms with Crippen LogP contribution in [-0.4, -0.2) is 53.6 Å². The number of nitrogens with zero attached hydrogens (tertiary/aromatic N) is 8. The van der Waals surface area contributed by atoms with Crippen molar-refractivity contribution in [1.82, 2.24) is 39.3 Å². The maximum Gasteiger partial charge on any atom is 0.200 e. The smallest absolute Gasteiger partial charge is 0.200 e. The molecule has 0 saturated carbocycles. The van der Waals surface area contributed by atoms with Crippen LogP contribution >= 0.6 is 55.2 Å². The van der Waals surface area contributed by atoms with E-state index in [1.165, 1.54) is 0 Å². The Labute approximate surface area is 330 Å². The molecule has 6 heterocycles. The molecular formula is C39H29Br2ClN8O2S. The molecule has 6 aromatic heterocycles. The van der Waals surface area contributed by atoms with E-state index in [4.69, 9.17) is 21.1 Å². The van der Waals surface area contributed by atoms with Gasteiger partial charge in [-0.1, -0.05) is 43.5 Å². The van der Waals surface area contributed by atoms with Crippen molar-refractivity contribution in [2.24, 2.45) is 7.05 Å². The summed E-state index contributed by atoms with van der Waals surface area (Å²) in [5, 5.41) is 17.4. The summed E-state index contributed by atoms with van der Waals surface area (Å²) in [6.45, 7) is 0. The third kappa shape index (κ3) is 8.28. The van der Waals surface area contributed by atoms with Crippen LogP contribution in [-0.2, 0) is 7.05 Å². The number of hydrogen-bond donors (Lipinski definition) is 0. The van der Waals surface area contributed by atoms with Gasteiger partial charge in [0.05, 0.1) is 42.0 Å². The number of fused-ring (bicyclic) bond motifs is 4. The largest absolute Gasteiger partial charge is 0.496 e. The number of aromatic nitrogens is 8. The minimum atomic E-state index is 0.737. The molecule has 0 aliphatic carbocycles. The first-order valence-corrected chi connectivity index (χ1v) is 18.8. The number of ether oxygens (including phenoxy) is 2. The van der Waals surface area contributed by atoms with E-state index in [9.17, 15) is 0 Å². The van der Waals surface area contributed by atoms with Crippen molar-refractivity contribution >= 4 is 93.6 Å². The van der Waals surface area contributed by atoms with E-state index in [1.807, 2.05) is 103 Å². The van der Waals surface area contributed by atoms with Crippen molar-refractivity contribution in [3.05, 3.63) is 136 Å². The molecule has 0 bridgehead atoms. The second-order valence-corrected chi connectivity index (χ2v) is 14.7. The number of methoxy groups -OCH3 is 2. The van der Waals surface area contributed by atoms with Crippen LogP contribution < -0.4 is 9.47 Å². The Kier molecular flexibility index (Phi) is 11.2. The molecule has 53 heavy (non-hydrogen) atoms. The molecule has 0 amide bonds. The molecule has 0 fully saturated rings. The fourth-order valence-corrected chi connectivity index (χ4v) is 7.26. The third-order valence-electron chi connectivity index (χ3n) is 8.05. The summed E-state index contributed by atoms with van der Waals surface area (Å²) in [6, 6.07) is 27.4. The van der Waals surface area contributed by atoms with Crippen molar-refractivity contribution in [3.63, 3.8) is 0 Å². The first-order chi connectivity index (χ1) is 25.8. The molecule has 0 unspecified atom stereocenters. The Morgan fingerprint density at radius 3 is 1.89 bits per heavy atom. The van der Waals surface area contributed by atoms with Gasteiger partial charge in [-0.3, -0.25) is 24.0 Å². The van der Waals surface area contributed by atoms with Gasteiger partial charge in [0.25, 0.3) is 0 Å². The van der Waals surface area contributed by atoms with Crippen LogP contribution in [0.2, 0.25) is 5.02 Å². The topological polar surface area (TPSA) is 105 Å². The quantitative estimate of drug-likeness (QED) is 0.167. The van der Waals surface area contributed by atoms with Gasteiger partial charge in [-0.05, 0) is 96.7 Å². The van der Waals surface area contributed by atoms with Crippen LogP contribution in [0.1, 0.15) is 0 Å². The van der Waals surface area contributed by atoms with Gasteiger partial charge in [-0.15, -0.1) is 10.2 Å². The normalized spacial score (nSPS) is 10.9. The van der Waals surface area contributed by atoms with Gasteiger partial charge in [-0.25, -0.2) is 0 Å². The summed E-state index contributed by atoms with van der Waals surface area (Å²) in [6.07, 6.45) is 11.1. The summed E-state index contributed by atoms with van der Waals surface area (Å²) in [5.41, 5.74) is 5.68. The molecule has 0 radical (unpaired) electrons. The highest BCUT2D eigenvalue weighted by Gasteiger charge is 2.12. The van der Waals surface area contributed by atoms with Crippen LogP contribution in [0.4, 0.5) is 0 Å². The predicted molar refractivity (Wildman–Crippen MR) is 218 cm³/mol. The Morgan fingerprint density at radius 2 is 1.25 bits per heavy atom. The van der Waals surface area contributed by atoms with E-state index in [0.717, 1.165) is 85.0 Å². The molecule has 264 valence electrons. The highest BCUT2D eigenvalue weighted by atomic mass is 79.9. The van der Waals surface area contributed by atoms with Crippen molar-refractivity contribution in [3.8, 4) is 22.6 Å². The predicted octanol–water partition coefficient (Wildman–Crippen LogP) is 10.5. The monoisotopic (exact) mass is 866 g/mol. The highest BCUT2D eigenvalue weighted by Crippen LogP contribution is 2.33. The maximum atomic E-state index is 5.97. The number of hydrogen-bond acceptors (Lipinski definition) is 9. The van der Waals surface area contributed by atoms with Crippen molar-refractivity contribution in [2.75, 3.05) is 14.2 Å². The van der Waals surface area contributed by atoms with Crippen LogP contribution in [0.3, 0.4) is 0 Å². The van der Waals surface area contributed by atoms with Gasteiger partial charge >= 0.3 is 0 Å². The average molecular weight is 869 g/mol. The lowest BCUT2D eigenvalue weighted by Crippen LogP contribution is -1.90. The molecule has 14 heteroatoms. The molecule has 10 nitrogen and oxygen atoms in total. The number of aryl methyl sites for hydroxylation is 1. The fraction of sp³-hybridized carbons (Fsp3) is 0.0769. The third-order valence-corrected chi connectivity index (χ3v) is 10.3. The number of benzene rings is 3. The zero-order valence-corrected chi connectivity index (χ0v) is 33.2. The molecule has 0 spiro atoms. The van der Waals surface area contributed by atoms with E-state index in [0.29, 0.717) is 0 Å². The summed E-state index contributed by atoms with van der Waals surface area (Å²) < 4.78 is 16.5. The highest BCUT2D eigenvalue weighted by molar-refractivity contribution is 9.10. The second-order valence-electron chi connectivity index (χ2n) is 11.5. The zero-order valence-electron chi connectivity index (χ0n) is 28.5. The summed E-state index contributed by atoms with van der Waals surface area (Å²) >= 11 is 14.3. The molecular weight excluding hydrogens is 840 g/mol. The molecule has 3 aromatic carbocycles. The van der Waals surface area contributed by atoms with Gasteiger partial charge in [0, 0.05) is 79.2 Å². The summed E-state index contributed by atoms with van der Waals surface area (Å²) in [4.78, 5) is 13.8. The molecule has 0 saturated heterocycles. The Bertz CT molecular complexity index is 2720. The van der Waals surface area contributed by atoms with Crippen LogP contribution in [0.15, 0.2) is 141 Å². The summed E-state index contributed by atoms with van der Waals surface area (Å²) in [5.74, 6) is 1.66. The van der Waals surface area contributed by atoms with Crippen LogP contribution in [0.5, 0.6) is 11.5 Å². The van der Waals surface area contributed by atoms with Gasteiger partial charge in [0.2, 0.25) is 0 Å². The van der Waals surface area contributed by atoms with E-state index >= 15 is 0 Å². The van der Waals surface area contributed by atoms with Gasteiger partial charge < -0.3 is 9.47 Å². The van der Waals surface area contributed by atoms with Gasteiger partial charge in [0.1, 0.15) is 11.5 Å². The molecule has 0 aliphatic rings. The van der Waals surface area contributed by atoms with Gasteiger partial charge in [-0.2, -0.15) is 5.10 Å². The maximum absolute atomic E-state index is 5.97. The Balaban J connectivity index is 0.000000144. The lowest BCUT2D eigenvalue weighted by atomic mass is 10.2. The first-order valence-electron chi connectivity index (χ1n) is 16.0. The number of halogens is 3. The standard InChI is InChI=1S/C20H16N6OS.C10H8BrNO.C9H5BrClN/c1-25-11-14(10-22-25)13-3-6-19-23-24-20(26(19)12-13)28-15-4-5-17-16(9-15)18(27-2)7-8-21-17;1-13-10-4-5-12-9-3-2-7(11)6-8(9)10;10-6-1-2-9-7(5-6)8(11)3-4-12-9/h3-12H,1-2H3;2-6H,1H3;1-5H. The van der Waals surface area contributed by atoms with E-state index in [-0.39, 0.29) is 0 Å². The molecule has 9 aromatic rings. The van der Waals surface area contributed by atoms with E-state index in [2.05, 4.69) is 68.2 Å². The average Bonchev–Trinajstić information content (AvgIpc) is 3.80. The summed E-state index contributed by atoms with van der Waals surface area (Å²) in [7, 11) is 5.24. The minimum Gasteiger partial charge on any atom is -0.496 e. The number of pyridine rings is 4. The lowest BCUT2D eigenvalue weighted by Gasteiger charge is -2.07. The van der Waals surface area contributed by atoms with Crippen LogP contribution in [0, 0.1) is 0 Å². The van der Waals surface area contributed by atoms with Gasteiger partial charge in [0.15, 0.2) is 10.8 Å². The lowest BCUT2D eigenvalue weighted by molar-refractivity contribution is 0.419. The minimum absolute atomic E-state index is 0.737. The second kappa shape index (κ2) is 16.3. The fourth-order valence-electron chi connectivity index (χ4n) is 5.48. The number of rotatable bonds is 5. The van der Waals surface area contributed by atoms with Crippen molar-refractivity contribution in [1.29, 1.82) is 0 Å². The van der Waals surface area contributed by atoms with Crippen molar-refractivity contribution < 1.29 is 9.47 Å².